The van der Waals surface area contributed by atoms with Crippen molar-refractivity contribution in [1.82, 2.24) is 5.16 Å². The van der Waals surface area contributed by atoms with Gasteiger partial charge in [0, 0.05) is 24.0 Å². The lowest BCUT2D eigenvalue weighted by atomic mass is 9.92. The SMILES string of the molecule is CC(C)(C)c1cc(NC(=O)C2CCC(=O)N2c2ccc(F)cc2F)on1. The van der Waals surface area contributed by atoms with Gasteiger partial charge in [-0.1, -0.05) is 25.9 Å². The first-order chi connectivity index (χ1) is 12.2. The molecule has 8 heteroatoms. The van der Waals surface area contributed by atoms with E-state index in [9.17, 15) is 18.4 Å². The zero-order chi connectivity index (χ0) is 19.1. The summed E-state index contributed by atoms with van der Waals surface area (Å²) in [5.41, 5.74) is 0.290. The first-order valence-electron chi connectivity index (χ1n) is 8.22. The molecule has 0 bridgehead atoms. The van der Waals surface area contributed by atoms with Gasteiger partial charge < -0.3 is 4.52 Å². The van der Waals surface area contributed by atoms with Gasteiger partial charge in [0.2, 0.25) is 17.7 Å². The number of carbonyl (C=O) groups excluding carboxylic acids is 2. The summed E-state index contributed by atoms with van der Waals surface area (Å²) in [6.45, 7) is 5.85. The maximum Gasteiger partial charge on any atom is 0.249 e. The standard InChI is InChI=1S/C18H19F2N3O3/c1-18(2,3)14-9-15(26-22-14)21-17(25)13-6-7-16(24)23(13)12-5-4-10(19)8-11(12)20/h4-5,8-9,13H,6-7H2,1-3H3,(H,21,25). The lowest BCUT2D eigenvalue weighted by Crippen LogP contribution is -2.42. The second kappa shape index (κ2) is 6.51. The molecule has 0 saturated carbocycles. The predicted octanol–water partition coefficient (Wildman–Crippen LogP) is 3.38. The molecule has 6 nitrogen and oxygen atoms in total. The summed E-state index contributed by atoms with van der Waals surface area (Å²) in [5.74, 6) is -2.42. The van der Waals surface area contributed by atoms with E-state index in [2.05, 4.69) is 10.5 Å². The lowest BCUT2D eigenvalue weighted by molar-refractivity contribution is -0.120. The Balaban J connectivity index is 1.81. The third kappa shape index (κ3) is 3.44. The number of nitrogens with one attached hydrogen (secondary N) is 1. The van der Waals surface area contributed by atoms with Crippen molar-refractivity contribution in [1.29, 1.82) is 0 Å². The Labute approximate surface area is 149 Å². The van der Waals surface area contributed by atoms with Crippen LogP contribution in [0.25, 0.3) is 0 Å². The van der Waals surface area contributed by atoms with Gasteiger partial charge in [-0.05, 0) is 18.6 Å². The van der Waals surface area contributed by atoms with Crippen LogP contribution >= 0.6 is 0 Å². The quantitative estimate of drug-likeness (QED) is 0.907. The first-order valence-corrected chi connectivity index (χ1v) is 8.22. The molecule has 26 heavy (non-hydrogen) atoms. The summed E-state index contributed by atoms with van der Waals surface area (Å²) in [7, 11) is 0. The van der Waals surface area contributed by atoms with Crippen LogP contribution in [0.15, 0.2) is 28.8 Å². The number of rotatable bonds is 3. The molecule has 1 aromatic heterocycles. The molecule has 1 saturated heterocycles. The van der Waals surface area contributed by atoms with E-state index in [1.54, 1.807) is 6.07 Å². The predicted molar refractivity (Wildman–Crippen MR) is 90.7 cm³/mol. The summed E-state index contributed by atoms with van der Waals surface area (Å²) < 4.78 is 32.3. The van der Waals surface area contributed by atoms with Gasteiger partial charge in [-0.15, -0.1) is 0 Å². The molecule has 1 aromatic carbocycles. The Morgan fingerprint density at radius 1 is 1.31 bits per heavy atom. The van der Waals surface area contributed by atoms with Crippen molar-refractivity contribution < 1.29 is 22.9 Å². The number of benzene rings is 1. The van der Waals surface area contributed by atoms with Crippen LogP contribution in [0, 0.1) is 11.6 Å². The fourth-order valence-electron chi connectivity index (χ4n) is 2.80. The van der Waals surface area contributed by atoms with Crippen LogP contribution in [0.3, 0.4) is 0 Å². The average molecular weight is 363 g/mol. The molecular weight excluding hydrogens is 344 g/mol. The van der Waals surface area contributed by atoms with Crippen LogP contribution in [-0.4, -0.2) is 23.0 Å². The van der Waals surface area contributed by atoms with E-state index in [-0.39, 0.29) is 29.8 Å². The fourth-order valence-corrected chi connectivity index (χ4v) is 2.80. The van der Waals surface area contributed by atoms with Gasteiger partial charge in [0.25, 0.3) is 0 Å². The molecule has 1 unspecified atom stereocenters. The van der Waals surface area contributed by atoms with Gasteiger partial charge in [0.05, 0.1) is 11.4 Å². The van der Waals surface area contributed by atoms with Crippen molar-refractivity contribution in [3.8, 4) is 0 Å². The van der Waals surface area contributed by atoms with Gasteiger partial charge in [-0.25, -0.2) is 8.78 Å². The largest absolute Gasteiger partial charge is 0.338 e. The van der Waals surface area contributed by atoms with Crippen molar-refractivity contribution in [2.45, 2.75) is 45.1 Å². The van der Waals surface area contributed by atoms with Gasteiger partial charge in [-0.3, -0.25) is 19.8 Å². The van der Waals surface area contributed by atoms with Crippen LogP contribution in [0.5, 0.6) is 0 Å². The zero-order valence-corrected chi connectivity index (χ0v) is 14.7. The van der Waals surface area contributed by atoms with Crippen LogP contribution in [0.1, 0.15) is 39.3 Å². The summed E-state index contributed by atoms with van der Waals surface area (Å²) in [4.78, 5) is 25.8. The van der Waals surface area contributed by atoms with Gasteiger partial charge in [0.15, 0.2) is 0 Å². The molecular formula is C18H19F2N3O3. The first kappa shape index (κ1) is 18.0. The van der Waals surface area contributed by atoms with E-state index in [0.717, 1.165) is 17.0 Å². The number of hydrogen-bond acceptors (Lipinski definition) is 4. The van der Waals surface area contributed by atoms with E-state index in [4.69, 9.17) is 4.52 Å². The van der Waals surface area contributed by atoms with Crippen molar-refractivity contribution in [3.05, 3.63) is 41.6 Å². The highest BCUT2D eigenvalue weighted by Gasteiger charge is 2.38. The molecule has 138 valence electrons. The van der Waals surface area contributed by atoms with Crippen LogP contribution in [0.2, 0.25) is 0 Å². The van der Waals surface area contributed by atoms with Crippen molar-refractivity contribution in [2.75, 3.05) is 10.2 Å². The second-order valence-corrected chi connectivity index (χ2v) is 7.23. The summed E-state index contributed by atoms with van der Waals surface area (Å²) in [6, 6.07) is 3.58. The fraction of sp³-hybridized carbons (Fsp3) is 0.389. The number of halogens is 2. The Bertz CT molecular complexity index is 858. The van der Waals surface area contributed by atoms with Crippen LogP contribution in [0.4, 0.5) is 20.4 Å². The number of aromatic nitrogens is 1. The minimum absolute atomic E-state index is 0.0958. The Morgan fingerprint density at radius 3 is 2.65 bits per heavy atom. The average Bonchev–Trinajstić information content (AvgIpc) is 3.14. The monoisotopic (exact) mass is 363 g/mol. The smallest absolute Gasteiger partial charge is 0.249 e. The molecule has 0 aliphatic carbocycles. The normalized spacial score (nSPS) is 17.7. The molecule has 1 fully saturated rings. The highest BCUT2D eigenvalue weighted by Crippen LogP contribution is 2.30. The molecule has 2 amide bonds. The highest BCUT2D eigenvalue weighted by molar-refractivity contribution is 6.07. The highest BCUT2D eigenvalue weighted by atomic mass is 19.1. The van der Waals surface area contributed by atoms with E-state index in [1.165, 1.54) is 0 Å². The number of anilines is 2. The number of hydrogen-bond donors (Lipinski definition) is 1. The van der Waals surface area contributed by atoms with E-state index in [1.807, 2.05) is 20.8 Å². The van der Waals surface area contributed by atoms with Gasteiger partial charge >= 0.3 is 0 Å². The summed E-state index contributed by atoms with van der Waals surface area (Å²) in [6.07, 6.45) is 0.320. The molecule has 1 N–H and O–H groups in total. The molecule has 0 spiro atoms. The Hall–Kier alpha value is -2.77. The minimum atomic E-state index is -0.911. The summed E-state index contributed by atoms with van der Waals surface area (Å²) >= 11 is 0. The van der Waals surface area contributed by atoms with E-state index in [0.29, 0.717) is 11.8 Å². The second-order valence-electron chi connectivity index (χ2n) is 7.23. The van der Waals surface area contributed by atoms with Crippen molar-refractivity contribution in [2.24, 2.45) is 0 Å². The maximum atomic E-state index is 14.1. The van der Waals surface area contributed by atoms with Gasteiger partial charge in [0.1, 0.15) is 17.7 Å². The molecule has 0 radical (unpaired) electrons. The van der Waals surface area contributed by atoms with Crippen molar-refractivity contribution >= 4 is 23.4 Å². The van der Waals surface area contributed by atoms with Gasteiger partial charge in [-0.2, -0.15) is 0 Å². The third-order valence-electron chi connectivity index (χ3n) is 4.21. The Kier molecular flexibility index (Phi) is 4.52. The lowest BCUT2D eigenvalue weighted by Gasteiger charge is -2.24. The molecule has 2 aromatic rings. The molecule has 3 rings (SSSR count). The van der Waals surface area contributed by atoms with E-state index < -0.39 is 29.5 Å². The zero-order valence-electron chi connectivity index (χ0n) is 14.7. The molecule has 2 heterocycles. The van der Waals surface area contributed by atoms with Crippen LogP contribution in [-0.2, 0) is 15.0 Å². The third-order valence-corrected chi connectivity index (χ3v) is 4.21. The number of nitrogens with zero attached hydrogens (tertiary/aromatic N) is 2. The van der Waals surface area contributed by atoms with Crippen molar-refractivity contribution in [3.63, 3.8) is 0 Å². The molecule has 1 aliphatic rings. The Morgan fingerprint density at radius 2 is 2.04 bits per heavy atom. The topological polar surface area (TPSA) is 75.4 Å². The molecule has 1 aliphatic heterocycles. The maximum absolute atomic E-state index is 14.1. The summed E-state index contributed by atoms with van der Waals surface area (Å²) in [5, 5.41) is 6.48. The minimum Gasteiger partial charge on any atom is -0.338 e. The van der Waals surface area contributed by atoms with E-state index >= 15 is 0 Å². The van der Waals surface area contributed by atoms with Crippen LogP contribution < -0.4 is 10.2 Å². The number of carbonyl (C=O) groups is 2. The number of amides is 2. The molecule has 1 atom stereocenters.